The summed E-state index contributed by atoms with van der Waals surface area (Å²) in [7, 11) is 1.63. The molecule has 1 aromatic heterocycles. The third kappa shape index (κ3) is 3.55. The molecule has 0 unspecified atom stereocenters. The van der Waals surface area contributed by atoms with Gasteiger partial charge in [-0.3, -0.25) is 9.59 Å². The van der Waals surface area contributed by atoms with Gasteiger partial charge in [-0.2, -0.15) is 0 Å². The number of aryl methyl sites for hydroxylation is 1. The molecule has 6 heteroatoms. The Labute approximate surface area is 151 Å². The molecule has 1 fully saturated rings. The van der Waals surface area contributed by atoms with E-state index in [1.807, 2.05) is 0 Å². The summed E-state index contributed by atoms with van der Waals surface area (Å²) in [5.74, 6) is -0.757. The van der Waals surface area contributed by atoms with Gasteiger partial charge in [0.1, 0.15) is 11.4 Å². The van der Waals surface area contributed by atoms with Crippen molar-refractivity contribution in [3.05, 3.63) is 69.4 Å². The third-order valence-electron chi connectivity index (χ3n) is 5.23. The van der Waals surface area contributed by atoms with Crippen molar-refractivity contribution in [1.29, 1.82) is 0 Å². The van der Waals surface area contributed by atoms with Gasteiger partial charge in [0.05, 0.1) is 6.10 Å². The second-order valence-electron chi connectivity index (χ2n) is 6.92. The molecule has 1 amide bonds. The monoisotopic (exact) mass is 358 g/mol. The Balaban J connectivity index is 1.71. The van der Waals surface area contributed by atoms with E-state index in [0.717, 1.165) is 5.69 Å². The fourth-order valence-corrected chi connectivity index (χ4v) is 3.41. The number of carbonyl (C=O) groups is 1. The lowest BCUT2D eigenvalue weighted by atomic mass is 9.87. The molecule has 1 N–H and O–H groups in total. The van der Waals surface area contributed by atoms with Crippen LogP contribution < -0.4 is 5.56 Å². The van der Waals surface area contributed by atoms with Gasteiger partial charge in [0.2, 0.25) is 0 Å². The van der Waals surface area contributed by atoms with Crippen molar-refractivity contribution < 1.29 is 14.3 Å². The van der Waals surface area contributed by atoms with Crippen LogP contribution in [0.15, 0.2) is 41.2 Å². The first-order valence-electron chi connectivity index (χ1n) is 8.76. The summed E-state index contributed by atoms with van der Waals surface area (Å²) in [6.45, 7) is 2.38. The number of aliphatic hydroxyl groups is 1. The number of pyridine rings is 1. The molecule has 2 heterocycles. The molecular formula is C20H23FN2O3. The maximum Gasteiger partial charge on any atom is 0.263 e. The Kier molecular flexibility index (Phi) is 5.23. The molecule has 0 bridgehead atoms. The first kappa shape index (κ1) is 18.3. The van der Waals surface area contributed by atoms with Crippen LogP contribution in [0.1, 0.15) is 28.0 Å². The van der Waals surface area contributed by atoms with Gasteiger partial charge in [-0.25, -0.2) is 4.39 Å². The summed E-state index contributed by atoms with van der Waals surface area (Å²) in [5.41, 5.74) is 1.12. The van der Waals surface area contributed by atoms with Crippen LogP contribution in [-0.4, -0.2) is 39.7 Å². The maximum absolute atomic E-state index is 13.8. The van der Waals surface area contributed by atoms with Gasteiger partial charge >= 0.3 is 0 Å². The van der Waals surface area contributed by atoms with Crippen molar-refractivity contribution in [2.24, 2.45) is 13.0 Å². The van der Waals surface area contributed by atoms with Crippen LogP contribution in [0.2, 0.25) is 0 Å². The number of hydrogen-bond acceptors (Lipinski definition) is 3. The first-order valence-corrected chi connectivity index (χ1v) is 8.76. The molecule has 0 spiro atoms. The molecule has 5 nitrogen and oxygen atoms in total. The van der Waals surface area contributed by atoms with Crippen LogP contribution in [0.3, 0.4) is 0 Å². The Morgan fingerprint density at radius 3 is 2.69 bits per heavy atom. The van der Waals surface area contributed by atoms with Gasteiger partial charge in [0.25, 0.3) is 11.5 Å². The van der Waals surface area contributed by atoms with Crippen molar-refractivity contribution in [3.63, 3.8) is 0 Å². The highest BCUT2D eigenvalue weighted by molar-refractivity contribution is 5.94. The number of piperidine rings is 1. The molecule has 1 aliphatic rings. The first-order chi connectivity index (χ1) is 12.4. The van der Waals surface area contributed by atoms with Crippen molar-refractivity contribution >= 4 is 5.91 Å². The molecular weight excluding hydrogens is 335 g/mol. The van der Waals surface area contributed by atoms with Crippen LogP contribution in [0.25, 0.3) is 0 Å². The zero-order chi connectivity index (χ0) is 18.8. The Morgan fingerprint density at radius 1 is 1.27 bits per heavy atom. The Morgan fingerprint density at radius 2 is 2.00 bits per heavy atom. The van der Waals surface area contributed by atoms with Crippen molar-refractivity contribution in [2.75, 3.05) is 13.1 Å². The fourth-order valence-electron chi connectivity index (χ4n) is 3.41. The number of β-amino-alcohol motifs (C(OH)–C–C–N with tert-alkyl or cyclic N) is 1. The Bertz CT molecular complexity index is 878. The largest absolute Gasteiger partial charge is 0.391 e. The molecule has 26 heavy (non-hydrogen) atoms. The minimum absolute atomic E-state index is 0.109. The molecule has 0 radical (unpaired) electrons. The highest BCUT2D eigenvalue weighted by Gasteiger charge is 2.32. The predicted octanol–water partition coefficient (Wildman–Crippen LogP) is 1.90. The molecule has 2 atom stereocenters. The molecule has 0 aliphatic carbocycles. The minimum Gasteiger partial charge on any atom is -0.391 e. The second kappa shape index (κ2) is 7.41. The number of carbonyl (C=O) groups excluding carboxylic acids is 1. The number of nitrogens with zero attached hydrogens (tertiary/aromatic N) is 2. The molecule has 138 valence electrons. The highest BCUT2D eigenvalue weighted by atomic mass is 19.1. The number of amides is 1. The molecule has 1 aliphatic heterocycles. The van der Waals surface area contributed by atoms with Crippen LogP contribution >= 0.6 is 0 Å². The van der Waals surface area contributed by atoms with Crippen molar-refractivity contribution in [1.82, 2.24) is 9.47 Å². The van der Waals surface area contributed by atoms with E-state index in [4.69, 9.17) is 0 Å². The quantitative estimate of drug-likeness (QED) is 0.912. The normalized spacial score (nSPS) is 20.2. The lowest BCUT2D eigenvalue weighted by Gasteiger charge is -2.36. The summed E-state index contributed by atoms with van der Waals surface area (Å²) < 4.78 is 15.3. The SMILES string of the molecule is Cc1ccc(C(=O)N2CC[C@H](Cc3ccccc3F)[C@H](O)C2)c(=O)n1C. The van der Waals surface area contributed by atoms with Crippen molar-refractivity contribution in [3.8, 4) is 0 Å². The van der Waals surface area contributed by atoms with Crippen LogP contribution in [0.5, 0.6) is 0 Å². The van der Waals surface area contributed by atoms with E-state index >= 15 is 0 Å². The van der Waals surface area contributed by atoms with E-state index in [9.17, 15) is 19.1 Å². The number of likely N-dealkylation sites (tertiary alicyclic amines) is 1. The topological polar surface area (TPSA) is 62.5 Å². The number of hydrogen-bond donors (Lipinski definition) is 1. The highest BCUT2D eigenvalue weighted by Crippen LogP contribution is 2.24. The van der Waals surface area contributed by atoms with E-state index in [0.29, 0.717) is 24.9 Å². The van der Waals surface area contributed by atoms with Crippen LogP contribution in [0, 0.1) is 18.7 Å². The smallest absolute Gasteiger partial charge is 0.263 e. The van der Waals surface area contributed by atoms with Gasteiger partial charge < -0.3 is 14.6 Å². The van der Waals surface area contributed by atoms with Gasteiger partial charge in [-0.15, -0.1) is 0 Å². The van der Waals surface area contributed by atoms with E-state index in [1.165, 1.54) is 21.6 Å². The number of aromatic nitrogens is 1. The predicted molar refractivity (Wildman–Crippen MR) is 96.5 cm³/mol. The zero-order valence-electron chi connectivity index (χ0n) is 15.0. The summed E-state index contributed by atoms with van der Waals surface area (Å²) in [6, 6.07) is 9.81. The molecule has 1 aromatic carbocycles. The second-order valence-corrected chi connectivity index (χ2v) is 6.92. The molecule has 2 aromatic rings. The fraction of sp³-hybridized carbons (Fsp3) is 0.400. The van der Waals surface area contributed by atoms with Crippen molar-refractivity contribution in [2.45, 2.75) is 25.9 Å². The average Bonchev–Trinajstić information content (AvgIpc) is 2.63. The average molecular weight is 358 g/mol. The zero-order valence-corrected chi connectivity index (χ0v) is 15.0. The van der Waals surface area contributed by atoms with Gasteiger partial charge in [-0.1, -0.05) is 18.2 Å². The van der Waals surface area contributed by atoms with Gasteiger partial charge in [0.15, 0.2) is 0 Å². The standard InChI is InChI=1S/C20H23FN2O3/c1-13-7-8-16(19(25)22(13)2)20(26)23-10-9-15(18(24)12-23)11-14-5-3-4-6-17(14)21/h3-8,15,18,24H,9-12H2,1-2H3/t15-,18-/m1/s1. The van der Waals surface area contributed by atoms with E-state index in [-0.39, 0.29) is 35.3 Å². The summed E-state index contributed by atoms with van der Waals surface area (Å²) in [5, 5.41) is 10.5. The van der Waals surface area contributed by atoms with Gasteiger partial charge in [-0.05, 0) is 49.4 Å². The molecule has 1 saturated heterocycles. The number of aliphatic hydroxyl groups excluding tert-OH is 1. The van der Waals surface area contributed by atoms with E-state index in [2.05, 4.69) is 0 Å². The number of halogens is 1. The molecule has 0 saturated carbocycles. The van der Waals surface area contributed by atoms with E-state index in [1.54, 1.807) is 38.2 Å². The summed E-state index contributed by atoms with van der Waals surface area (Å²) in [6.07, 6.45) is 0.247. The van der Waals surface area contributed by atoms with Crippen LogP contribution in [-0.2, 0) is 13.5 Å². The van der Waals surface area contributed by atoms with E-state index < -0.39 is 6.10 Å². The lowest BCUT2D eigenvalue weighted by Crippen LogP contribution is -2.48. The Hall–Kier alpha value is -2.47. The lowest BCUT2D eigenvalue weighted by molar-refractivity contribution is 0.0194. The van der Waals surface area contributed by atoms with Gasteiger partial charge in [0, 0.05) is 25.8 Å². The number of rotatable bonds is 3. The summed E-state index contributed by atoms with van der Waals surface area (Å²) in [4.78, 5) is 26.5. The minimum atomic E-state index is -0.749. The number of benzene rings is 1. The third-order valence-corrected chi connectivity index (χ3v) is 5.23. The molecule has 3 rings (SSSR count). The maximum atomic E-state index is 13.8. The summed E-state index contributed by atoms with van der Waals surface area (Å²) >= 11 is 0. The van der Waals surface area contributed by atoms with Crippen LogP contribution in [0.4, 0.5) is 4.39 Å².